The van der Waals surface area contributed by atoms with Crippen LogP contribution in [0, 0.1) is 10.8 Å². The minimum atomic E-state index is -1.24. The third-order valence-corrected chi connectivity index (χ3v) is 1.42. The fourth-order valence-corrected chi connectivity index (χ4v) is 0.588. The van der Waals surface area contributed by atoms with Crippen molar-refractivity contribution in [2.24, 2.45) is 10.8 Å². The number of carbonyl (C=O) groups is 2. The first-order valence-electron chi connectivity index (χ1n) is 5.68. The van der Waals surface area contributed by atoms with Gasteiger partial charge in [0.2, 0.25) is 0 Å². The second-order valence-corrected chi connectivity index (χ2v) is 6.39. The van der Waals surface area contributed by atoms with E-state index < -0.39 is 11.9 Å². The van der Waals surface area contributed by atoms with Crippen molar-refractivity contribution in [3.8, 4) is 0 Å². The maximum absolute atomic E-state index is 11.1. The summed E-state index contributed by atoms with van der Waals surface area (Å²) in [6, 6.07) is 0. The zero-order valence-corrected chi connectivity index (χ0v) is 11.9. The molecule has 6 nitrogen and oxygen atoms in total. The summed E-state index contributed by atoms with van der Waals surface area (Å²) < 4.78 is 0. The highest BCUT2D eigenvalue weighted by Crippen LogP contribution is 2.14. The van der Waals surface area contributed by atoms with Crippen LogP contribution in [0.4, 0.5) is 0 Å². The quantitative estimate of drug-likeness (QED) is 0.438. The third kappa shape index (κ3) is 10.0. The molecule has 0 aliphatic carbocycles. The van der Waals surface area contributed by atoms with Gasteiger partial charge in [-0.05, 0) is 10.8 Å². The second kappa shape index (κ2) is 6.70. The Morgan fingerprint density at radius 1 is 0.722 bits per heavy atom. The Morgan fingerprint density at radius 3 is 1.22 bits per heavy atom. The van der Waals surface area contributed by atoms with Crippen molar-refractivity contribution < 1.29 is 29.1 Å². The van der Waals surface area contributed by atoms with Gasteiger partial charge in [0.05, 0.1) is 13.2 Å². The molecule has 0 amide bonds. The number of hydrogen-bond acceptors (Lipinski definition) is 6. The van der Waals surface area contributed by atoms with Crippen LogP contribution in [0.2, 0.25) is 0 Å². The third-order valence-electron chi connectivity index (χ3n) is 1.42. The summed E-state index contributed by atoms with van der Waals surface area (Å²) in [5, 5.41) is 0. The minimum Gasteiger partial charge on any atom is -0.285 e. The van der Waals surface area contributed by atoms with E-state index in [1.54, 1.807) is 0 Å². The summed E-state index contributed by atoms with van der Waals surface area (Å²) in [6.07, 6.45) is 0. The fourth-order valence-electron chi connectivity index (χ4n) is 0.588. The molecule has 6 heteroatoms. The topological polar surface area (TPSA) is 71.1 Å². The first kappa shape index (κ1) is 16.9. The van der Waals surface area contributed by atoms with E-state index in [1.807, 2.05) is 41.5 Å². The Labute approximate surface area is 107 Å². The van der Waals surface area contributed by atoms with Gasteiger partial charge in [-0.25, -0.2) is 9.59 Å². The zero-order valence-electron chi connectivity index (χ0n) is 11.9. The van der Waals surface area contributed by atoms with E-state index in [4.69, 9.17) is 0 Å². The van der Waals surface area contributed by atoms with Crippen molar-refractivity contribution >= 4 is 11.9 Å². The van der Waals surface area contributed by atoms with E-state index in [1.165, 1.54) is 0 Å². The molecule has 0 saturated heterocycles. The van der Waals surface area contributed by atoms with E-state index in [0.29, 0.717) is 0 Å². The smallest absolute Gasteiger partial charge is 0.285 e. The van der Waals surface area contributed by atoms with Crippen molar-refractivity contribution in [2.45, 2.75) is 41.5 Å². The second-order valence-electron chi connectivity index (χ2n) is 6.39. The lowest BCUT2D eigenvalue weighted by Gasteiger charge is -2.17. The monoisotopic (exact) mass is 262 g/mol. The van der Waals surface area contributed by atoms with E-state index in [-0.39, 0.29) is 24.0 Å². The van der Waals surface area contributed by atoms with Gasteiger partial charge in [0.25, 0.3) is 0 Å². The lowest BCUT2D eigenvalue weighted by molar-refractivity contribution is -0.305. The molecule has 0 bridgehead atoms. The SMILES string of the molecule is CC(C)(C)COOC(=O)C(=O)OOCC(C)(C)C. The van der Waals surface area contributed by atoms with Crippen LogP contribution in [0.1, 0.15) is 41.5 Å². The lowest BCUT2D eigenvalue weighted by Crippen LogP contribution is -2.25. The Balaban J connectivity index is 3.81. The van der Waals surface area contributed by atoms with Crippen molar-refractivity contribution in [1.29, 1.82) is 0 Å². The van der Waals surface area contributed by atoms with Crippen LogP contribution in [-0.2, 0) is 29.1 Å². The van der Waals surface area contributed by atoms with Crippen LogP contribution in [0.5, 0.6) is 0 Å². The van der Waals surface area contributed by atoms with Crippen LogP contribution in [0.25, 0.3) is 0 Å². The fraction of sp³-hybridized carbons (Fsp3) is 0.833. The van der Waals surface area contributed by atoms with E-state index >= 15 is 0 Å². The van der Waals surface area contributed by atoms with Gasteiger partial charge >= 0.3 is 11.9 Å². The molecule has 0 atom stereocenters. The number of carbonyl (C=O) groups excluding carboxylic acids is 2. The predicted molar refractivity (Wildman–Crippen MR) is 63.0 cm³/mol. The first-order chi connectivity index (χ1) is 8.01. The Bertz CT molecular complexity index is 254. The van der Waals surface area contributed by atoms with Crippen LogP contribution in [-0.4, -0.2) is 25.2 Å². The lowest BCUT2D eigenvalue weighted by atomic mass is 9.99. The molecular weight excluding hydrogens is 240 g/mol. The van der Waals surface area contributed by atoms with E-state index in [0.717, 1.165) is 0 Å². The number of hydrogen-bond donors (Lipinski definition) is 0. The maximum atomic E-state index is 11.1. The van der Waals surface area contributed by atoms with Crippen molar-refractivity contribution in [2.75, 3.05) is 13.2 Å². The normalized spacial score (nSPS) is 12.1. The summed E-state index contributed by atoms with van der Waals surface area (Å²) in [7, 11) is 0. The van der Waals surface area contributed by atoms with Gasteiger partial charge < -0.3 is 0 Å². The van der Waals surface area contributed by atoms with E-state index in [2.05, 4.69) is 19.6 Å². The van der Waals surface area contributed by atoms with Gasteiger partial charge in [0, 0.05) is 0 Å². The molecule has 0 unspecified atom stereocenters. The van der Waals surface area contributed by atoms with Crippen LogP contribution < -0.4 is 0 Å². The Kier molecular flexibility index (Phi) is 6.28. The summed E-state index contributed by atoms with van der Waals surface area (Å²) in [4.78, 5) is 39.9. The minimum absolute atomic E-state index is 0.174. The van der Waals surface area contributed by atoms with Gasteiger partial charge in [0.1, 0.15) is 0 Å². The highest BCUT2D eigenvalue weighted by atomic mass is 17.2. The maximum Gasteiger partial charge on any atom is 0.453 e. The van der Waals surface area contributed by atoms with Crippen LogP contribution >= 0.6 is 0 Å². The molecule has 0 heterocycles. The molecule has 0 aromatic carbocycles. The summed E-state index contributed by atoms with van der Waals surface area (Å²) in [5.41, 5.74) is -0.347. The largest absolute Gasteiger partial charge is 0.453 e. The Hall–Kier alpha value is -1.14. The van der Waals surface area contributed by atoms with Crippen LogP contribution in [0.15, 0.2) is 0 Å². The predicted octanol–water partition coefficient (Wildman–Crippen LogP) is 2.03. The van der Waals surface area contributed by atoms with Crippen LogP contribution in [0.3, 0.4) is 0 Å². The number of rotatable bonds is 4. The van der Waals surface area contributed by atoms with E-state index in [9.17, 15) is 9.59 Å². The summed E-state index contributed by atoms with van der Waals surface area (Å²) in [5.74, 6) is -2.48. The molecule has 0 aliphatic heterocycles. The molecular formula is C12H22O6. The Morgan fingerprint density at radius 2 is 1.00 bits per heavy atom. The molecule has 0 saturated carbocycles. The molecule has 0 aliphatic rings. The van der Waals surface area contributed by atoms with Crippen molar-refractivity contribution in [3.05, 3.63) is 0 Å². The van der Waals surface area contributed by atoms with Gasteiger partial charge in [-0.2, -0.15) is 9.78 Å². The average molecular weight is 262 g/mol. The van der Waals surface area contributed by atoms with Crippen molar-refractivity contribution in [1.82, 2.24) is 0 Å². The highest BCUT2D eigenvalue weighted by molar-refractivity contribution is 6.29. The molecule has 0 fully saturated rings. The van der Waals surface area contributed by atoms with Gasteiger partial charge in [-0.1, -0.05) is 41.5 Å². The molecule has 0 rings (SSSR count). The van der Waals surface area contributed by atoms with Gasteiger partial charge in [-0.15, -0.1) is 0 Å². The highest BCUT2D eigenvalue weighted by Gasteiger charge is 2.23. The van der Waals surface area contributed by atoms with Gasteiger partial charge in [0.15, 0.2) is 0 Å². The molecule has 18 heavy (non-hydrogen) atoms. The molecule has 0 aromatic heterocycles. The standard InChI is InChI=1S/C12H22O6/c1-11(2,3)7-15-17-9(13)10(14)18-16-8-12(4,5)6/h7-8H2,1-6H3. The molecule has 0 N–H and O–H groups in total. The van der Waals surface area contributed by atoms with Gasteiger partial charge in [-0.3, -0.25) is 9.78 Å². The first-order valence-corrected chi connectivity index (χ1v) is 5.68. The average Bonchev–Trinajstić information content (AvgIpc) is 2.13. The molecule has 0 spiro atoms. The molecule has 0 aromatic rings. The summed E-state index contributed by atoms with van der Waals surface area (Å²) in [6.45, 7) is 11.7. The molecule has 106 valence electrons. The zero-order chi connectivity index (χ0) is 14.4. The van der Waals surface area contributed by atoms with Crippen molar-refractivity contribution in [3.63, 3.8) is 0 Å². The molecule has 0 radical (unpaired) electrons. The summed E-state index contributed by atoms with van der Waals surface area (Å²) >= 11 is 0.